The summed E-state index contributed by atoms with van der Waals surface area (Å²) in [6.07, 6.45) is 4.95. The minimum Gasteiger partial charge on any atom is -0.369 e. The Balaban J connectivity index is 1.09. The van der Waals surface area contributed by atoms with Gasteiger partial charge in [-0.05, 0) is 104 Å². The van der Waals surface area contributed by atoms with Crippen molar-refractivity contribution in [3.8, 4) is 0 Å². The molecular formula is C34H40F3N5O. The molecule has 2 fully saturated rings. The van der Waals surface area contributed by atoms with Crippen molar-refractivity contribution in [2.24, 2.45) is 5.92 Å². The summed E-state index contributed by atoms with van der Waals surface area (Å²) in [5.41, 5.74) is 4.88. The number of nitrogens with zero attached hydrogens (tertiary/aromatic N) is 4. The Hall–Kier alpha value is -3.43. The van der Waals surface area contributed by atoms with Crippen LogP contribution in [0, 0.1) is 5.92 Å². The zero-order chi connectivity index (χ0) is 29.8. The van der Waals surface area contributed by atoms with Crippen LogP contribution in [0.25, 0.3) is 0 Å². The highest BCUT2D eigenvalue weighted by molar-refractivity contribution is 5.90. The summed E-state index contributed by atoms with van der Waals surface area (Å²) in [6, 6.07) is 16.4. The number of amides is 1. The van der Waals surface area contributed by atoms with E-state index in [-0.39, 0.29) is 5.91 Å². The standard InChI is InChI=1S/C34H40F3N5O/c35-34(36,37)29-5-2-6-31(22-29)41-17-19-42(20-18-41)32-13-16-40(23-25-11-14-38-15-12-25)24-28(32)8-10-33(43)39-30-9-7-26-3-1-4-27(26)21-30/h2,5-7,9,11-12,14-15,21-22,28,32H,1,3-4,8,10,13,16-20,23-24H2,(H,39,43)/t28-,32+/m0/s1. The molecule has 3 aromatic rings. The highest BCUT2D eigenvalue weighted by atomic mass is 19.4. The van der Waals surface area contributed by atoms with Crippen molar-refractivity contribution in [3.63, 3.8) is 0 Å². The number of hydrogen-bond donors (Lipinski definition) is 1. The number of benzene rings is 2. The van der Waals surface area contributed by atoms with Gasteiger partial charge in [-0.2, -0.15) is 13.2 Å². The van der Waals surface area contributed by atoms with Crippen molar-refractivity contribution in [1.29, 1.82) is 0 Å². The van der Waals surface area contributed by atoms with Crippen LogP contribution in [-0.2, 0) is 30.4 Å². The molecule has 0 radical (unpaired) electrons. The molecule has 2 atom stereocenters. The van der Waals surface area contributed by atoms with Gasteiger partial charge in [0.05, 0.1) is 5.56 Å². The van der Waals surface area contributed by atoms with E-state index in [1.165, 1.54) is 35.2 Å². The largest absolute Gasteiger partial charge is 0.416 e. The summed E-state index contributed by atoms with van der Waals surface area (Å²) in [5, 5.41) is 3.14. The summed E-state index contributed by atoms with van der Waals surface area (Å²) in [6.45, 7) is 5.70. The van der Waals surface area contributed by atoms with Gasteiger partial charge in [-0.25, -0.2) is 0 Å². The smallest absolute Gasteiger partial charge is 0.369 e. The number of pyridine rings is 1. The molecule has 1 aromatic heterocycles. The number of piperazine rings is 1. The van der Waals surface area contributed by atoms with Gasteiger partial charge in [0, 0.05) is 75.5 Å². The van der Waals surface area contributed by atoms with Gasteiger partial charge in [0.25, 0.3) is 0 Å². The lowest BCUT2D eigenvalue weighted by atomic mass is 9.86. The van der Waals surface area contributed by atoms with Crippen LogP contribution in [0.4, 0.5) is 24.5 Å². The van der Waals surface area contributed by atoms with Crippen molar-refractivity contribution < 1.29 is 18.0 Å². The van der Waals surface area contributed by atoms with Gasteiger partial charge >= 0.3 is 6.18 Å². The first-order chi connectivity index (χ1) is 20.8. The molecule has 3 heterocycles. The monoisotopic (exact) mass is 591 g/mol. The van der Waals surface area contributed by atoms with Gasteiger partial charge in [0.1, 0.15) is 0 Å². The van der Waals surface area contributed by atoms with Crippen molar-refractivity contribution in [2.45, 2.75) is 57.3 Å². The number of nitrogens with one attached hydrogen (secondary N) is 1. The maximum Gasteiger partial charge on any atom is 0.416 e. The summed E-state index contributed by atoms with van der Waals surface area (Å²) in [4.78, 5) is 24.3. The quantitative estimate of drug-likeness (QED) is 0.347. The van der Waals surface area contributed by atoms with Crippen LogP contribution < -0.4 is 10.2 Å². The summed E-state index contributed by atoms with van der Waals surface area (Å²) >= 11 is 0. The van der Waals surface area contributed by atoms with Crippen molar-refractivity contribution in [3.05, 3.63) is 89.2 Å². The molecule has 1 aliphatic carbocycles. The highest BCUT2D eigenvalue weighted by Gasteiger charge is 2.36. The lowest BCUT2D eigenvalue weighted by molar-refractivity contribution is -0.137. The minimum absolute atomic E-state index is 0.0531. The number of alkyl halides is 3. The SMILES string of the molecule is O=C(CC[C@H]1CN(Cc2ccncc2)CC[C@H]1N1CCN(c2cccc(C(F)(F)F)c2)CC1)Nc1ccc2c(c1)CCC2. The van der Waals surface area contributed by atoms with Crippen molar-refractivity contribution in [1.82, 2.24) is 14.8 Å². The van der Waals surface area contributed by atoms with Gasteiger partial charge in [0.2, 0.25) is 5.91 Å². The minimum atomic E-state index is -4.35. The molecule has 43 heavy (non-hydrogen) atoms. The Morgan fingerprint density at radius 2 is 1.72 bits per heavy atom. The number of carbonyl (C=O) groups is 1. The summed E-state index contributed by atoms with van der Waals surface area (Å²) in [5.74, 6) is 0.374. The molecule has 2 aromatic carbocycles. The number of piperidine rings is 1. The van der Waals surface area contributed by atoms with E-state index in [1.54, 1.807) is 6.07 Å². The third-order valence-corrected chi connectivity index (χ3v) is 9.38. The van der Waals surface area contributed by atoms with E-state index in [1.807, 2.05) is 18.5 Å². The number of rotatable bonds is 8. The Morgan fingerprint density at radius 1 is 0.930 bits per heavy atom. The molecule has 6 nitrogen and oxygen atoms in total. The molecule has 2 aliphatic heterocycles. The van der Waals surface area contributed by atoms with Crippen molar-refractivity contribution >= 4 is 17.3 Å². The summed E-state index contributed by atoms with van der Waals surface area (Å²) < 4.78 is 39.9. The van der Waals surface area contributed by atoms with E-state index in [0.29, 0.717) is 37.2 Å². The zero-order valence-corrected chi connectivity index (χ0v) is 24.5. The number of carbonyl (C=O) groups excluding carboxylic acids is 1. The maximum atomic E-state index is 13.3. The third kappa shape index (κ3) is 7.39. The lowest BCUT2D eigenvalue weighted by Gasteiger charge is -2.47. The lowest BCUT2D eigenvalue weighted by Crippen LogP contribution is -2.56. The second kappa shape index (κ2) is 13.1. The topological polar surface area (TPSA) is 51.7 Å². The Morgan fingerprint density at radius 3 is 2.51 bits per heavy atom. The number of aromatic nitrogens is 1. The Kier molecular flexibility index (Phi) is 9.00. The molecule has 0 unspecified atom stereocenters. The summed E-state index contributed by atoms with van der Waals surface area (Å²) in [7, 11) is 0. The van der Waals surface area contributed by atoms with Gasteiger partial charge in [-0.15, -0.1) is 0 Å². The number of hydrogen-bond acceptors (Lipinski definition) is 5. The predicted octanol–water partition coefficient (Wildman–Crippen LogP) is 6.02. The van der Waals surface area contributed by atoms with Crippen molar-refractivity contribution in [2.75, 3.05) is 49.5 Å². The number of likely N-dealkylation sites (tertiary alicyclic amines) is 1. The molecule has 9 heteroatoms. The average Bonchev–Trinajstić information content (AvgIpc) is 3.49. The maximum absolute atomic E-state index is 13.3. The average molecular weight is 592 g/mol. The first-order valence-corrected chi connectivity index (χ1v) is 15.5. The van der Waals surface area contributed by atoms with E-state index in [2.05, 4.69) is 49.3 Å². The third-order valence-electron chi connectivity index (χ3n) is 9.38. The van der Waals surface area contributed by atoms with E-state index >= 15 is 0 Å². The molecule has 228 valence electrons. The molecule has 6 rings (SSSR count). The van der Waals surface area contributed by atoms with Gasteiger partial charge < -0.3 is 10.2 Å². The number of fused-ring (bicyclic) bond motifs is 1. The Labute approximate surface area is 251 Å². The van der Waals surface area contributed by atoms with Gasteiger partial charge in [-0.3, -0.25) is 19.6 Å². The second-order valence-electron chi connectivity index (χ2n) is 12.2. The van der Waals surface area contributed by atoms with Gasteiger partial charge in [-0.1, -0.05) is 12.1 Å². The van der Waals surface area contributed by atoms with Crippen LogP contribution in [0.3, 0.4) is 0 Å². The molecule has 2 saturated heterocycles. The molecule has 3 aliphatic rings. The fourth-order valence-electron chi connectivity index (χ4n) is 7.13. The van der Waals surface area contributed by atoms with Crippen LogP contribution in [0.2, 0.25) is 0 Å². The molecule has 0 bridgehead atoms. The fourth-order valence-corrected chi connectivity index (χ4v) is 7.13. The predicted molar refractivity (Wildman–Crippen MR) is 163 cm³/mol. The van der Waals surface area contributed by atoms with E-state index in [4.69, 9.17) is 0 Å². The normalized spacial score (nSPS) is 21.5. The number of aryl methyl sites for hydroxylation is 2. The molecule has 1 N–H and O–H groups in total. The van der Waals surface area contributed by atoms with E-state index in [9.17, 15) is 18.0 Å². The van der Waals surface area contributed by atoms with Crippen LogP contribution in [0.1, 0.15) is 47.9 Å². The van der Waals surface area contributed by atoms with Gasteiger partial charge in [0.15, 0.2) is 0 Å². The van der Waals surface area contributed by atoms with E-state index < -0.39 is 11.7 Å². The number of halogens is 3. The van der Waals surface area contributed by atoms with Crippen LogP contribution in [0.5, 0.6) is 0 Å². The zero-order valence-electron chi connectivity index (χ0n) is 24.5. The fraction of sp³-hybridized carbons (Fsp3) is 0.471. The second-order valence-corrected chi connectivity index (χ2v) is 12.2. The van der Waals surface area contributed by atoms with Crippen LogP contribution in [0.15, 0.2) is 67.0 Å². The molecule has 1 amide bonds. The van der Waals surface area contributed by atoms with Crippen LogP contribution >= 0.6 is 0 Å². The molecule has 0 spiro atoms. The first-order valence-electron chi connectivity index (χ1n) is 15.5. The molecular weight excluding hydrogens is 551 g/mol. The Bertz CT molecular complexity index is 1390. The number of anilines is 2. The highest BCUT2D eigenvalue weighted by Crippen LogP contribution is 2.33. The van der Waals surface area contributed by atoms with E-state index in [0.717, 1.165) is 70.2 Å². The first kappa shape index (κ1) is 29.6. The molecule has 0 saturated carbocycles. The van der Waals surface area contributed by atoms with Crippen LogP contribution in [-0.4, -0.2) is 66.0 Å².